The van der Waals surface area contributed by atoms with Crippen molar-refractivity contribution in [3.63, 3.8) is 0 Å². The lowest BCUT2D eigenvalue weighted by atomic mass is 10.0. The van der Waals surface area contributed by atoms with Crippen LogP contribution in [0.3, 0.4) is 0 Å². The zero-order chi connectivity index (χ0) is 46.5. The SMILES string of the molecule is CCCCC/C=C\C=C/[C@@H](O)C/C=C\C/C=C/CCCC(=O)OC[C@H](COP(=O)([O-])OCC[N+](C)(C)C)OC(=O)CCCCCCCCCCCCC/C=C\CCCCCCCC. The van der Waals surface area contributed by atoms with Gasteiger partial charge in [-0.2, -0.15) is 0 Å². The van der Waals surface area contributed by atoms with Gasteiger partial charge in [0.1, 0.15) is 19.8 Å². The van der Waals surface area contributed by atoms with Gasteiger partial charge in [0.15, 0.2) is 6.10 Å². The largest absolute Gasteiger partial charge is 0.756 e. The highest BCUT2D eigenvalue weighted by molar-refractivity contribution is 7.45. The molecule has 0 aliphatic carbocycles. The van der Waals surface area contributed by atoms with E-state index in [1.807, 2.05) is 57.6 Å². The average molecular weight is 908 g/mol. The molecule has 0 bridgehead atoms. The minimum atomic E-state index is -4.66. The smallest absolute Gasteiger partial charge is 0.306 e. The van der Waals surface area contributed by atoms with E-state index in [4.69, 9.17) is 18.5 Å². The summed E-state index contributed by atoms with van der Waals surface area (Å²) < 4.78 is 33.9. The number of ether oxygens (including phenoxy) is 2. The number of rotatable bonds is 45. The van der Waals surface area contributed by atoms with Crippen molar-refractivity contribution in [3.8, 4) is 0 Å². The van der Waals surface area contributed by atoms with Crippen LogP contribution in [0.1, 0.15) is 200 Å². The molecule has 0 aromatic rings. The molecule has 1 N–H and O–H groups in total. The molecule has 0 saturated heterocycles. The third-order valence-electron chi connectivity index (χ3n) is 10.6. The summed E-state index contributed by atoms with van der Waals surface area (Å²) in [5, 5.41) is 10.1. The number of esters is 2. The van der Waals surface area contributed by atoms with Gasteiger partial charge in [-0.05, 0) is 70.6 Å². The lowest BCUT2D eigenvalue weighted by Crippen LogP contribution is -2.37. The second kappa shape index (κ2) is 43.6. The Morgan fingerprint density at radius 1 is 0.587 bits per heavy atom. The molecule has 0 rings (SSSR count). The molecule has 0 aromatic carbocycles. The number of hydrogen-bond donors (Lipinski definition) is 1. The Labute approximate surface area is 386 Å². The number of carbonyl (C=O) groups is 2. The van der Waals surface area contributed by atoms with Crippen LogP contribution in [0.2, 0.25) is 0 Å². The molecular formula is C52H94NO9P. The van der Waals surface area contributed by atoms with Gasteiger partial charge in [0.05, 0.1) is 33.9 Å². The van der Waals surface area contributed by atoms with E-state index >= 15 is 0 Å². The molecule has 1 unspecified atom stereocenters. The maximum atomic E-state index is 12.7. The Hall–Kier alpha value is -2.33. The number of phosphoric ester groups is 1. The number of aliphatic hydroxyl groups is 1. The molecule has 0 spiro atoms. The number of phosphoric acid groups is 1. The fourth-order valence-corrected chi connectivity index (χ4v) is 7.33. The molecule has 0 saturated carbocycles. The van der Waals surface area contributed by atoms with E-state index in [9.17, 15) is 24.2 Å². The third-order valence-corrected chi connectivity index (χ3v) is 11.6. The number of hydrogen-bond acceptors (Lipinski definition) is 9. The Morgan fingerprint density at radius 3 is 1.70 bits per heavy atom. The summed E-state index contributed by atoms with van der Waals surface area (Å²) in [6.07, 6.45) is 49.9. The van der Waals surface area contributed by atoms with Crippen LogP contribution in [0.25, 0.3) is 0 Å². The summed E-state index contributed by atoms with van der Waals surface area (Å²) >= 11 is 0. The highest BCUT2D eigenvalue weighted by atomic mass is 31.2. The molecule has 0 fully saturated rings. The van der Waals surface area contributed by atoms with Gasteiger partial charge in [0, 0.05) is 12.8 Å². The molecule has 3 atom stereocenters. The number of nitrogens with zero attached hydrogens (tertiary/aromatic N) is 1. The molecule has 63 heavy (non-hydrogen) atoms. The van der Waals surface area contributed by atoms with E-state index in [2.05, 4.69) is 32.1 Å². The normalized spacial score (nSPS) is 14.5. The second-order valence-corrected chi connectivity index (χ2v) is 19.4. The van der Waals surface area contributed by atoms with Crippen LogP contribution in [0.5, 0.6) is 0 Å². The minimum Gasteiger partial charge on any atom is -0.756 e. The van der Waals surface area contributed by atoms with Crippen molar-refractivity contribution in [1.82, 2.24) is 0 Å². The van der Waals surface area contributed by atoms with Gasteiger partial charge in [0.2, 0.25) is 0 Å². The lowest BCUT2D eigenvalue weighted by Gasteiger charge is -2.28. The quantitative estimate of drug-likeness (QED) is 0.0158. The molecule has 11 heteroatoms. The summed E-state index contributed by atoms with van der Waals surface area (Å²) in [6, 6.07) is 0. The summed E-state index contributed by atoms with van der Waals surface area (Å²) in [5.74, 6) is -0.941. The number of aliphatic hydroxyl groups excluding tert-OH is 1. The zero-order valence-corrected chi connectivity index (χ0v) is 41.8. The number of unbranched alkanes of at least 4 members (excludes halogenated alkanes) is 21. The highest BCUT2D eigenvalue weighted by Crippen LogP contribution is 2.38. The van der Waals surface area contributed by atoms with Crippen LogP contribution in [-0.4, -0.2) is 81.2 Å². The first-order valence-corrected chi connectivity index (χ1v) is 26.6. The Kier molecular flexibility index (Phi) is 41.9. The van der Waals surface area contributed by atoms with Crippen molar-refractivity contribution in [1.29, 1.82) is 0 Å². The zero-order valence-electron chi connectivity index (χ0n) is 40.9. The molecule has 0 aliphatic rings. The topological polar surface area (TPSA) is 131 Å². The Balaban J connectivity index is 4.39. The number of likely N-dealkylation sites (N-methyl/N-ethyl adjacent to an activating group) is 1. The van der Waals surface area contributed by atoms with Gasteiger partial charge in [0.25, 0.3) is 7.82 Å². The summed E-state index contributed by atoms with van der Waals surface area (Å²) in [4.78, 5) is 37.7. The number of quaternary nitrogens is 1. The van der Waals surface area contributed by atoms with Gasteiger partial charge in [-0.3, -0.25) is 14.2 Å². The number of carbonyl (C=O) groups excluding carboxylic acids is 2. The van der Waals surface area contributed by atoms with E-state index in [1.165, 1.54) is 116 Å². The molecular weight excluding hydrogens is 814 g/mol. The first-order valence-electron chi connectivity index (χ1n) is 25.1. The second-order valence-electron chi connectivity index (χ2n) is 18.0. The van der Waals surface area contributed by atoms with E-state index in [0.29, 0.717) is 36.7 Å². The van der Waals surface area contributed by atoms with Crippen LogP contribution in [0.15, 0.2) is 60.8 Å². The first kappa shape index (κ1) is 60.7. The maximum Gasteiger partial charge on any atom is 0.306 e. The third kappa shape index (κ3) is 47.5. The van der Waals surface area contributed by atoms with E-state index in [0.717, 1.165) is 32.1 Å². The monoisotopic (exact) mass is 908 g/mol. The maximum absolute atomic E-state index is 12.7. The Bertz CT molecular complexity index is 1270. The molecule has 0 amide bonds. The summed E-state index contributed by atoms with van der Waals surface area (Å²) in [6.45, 7) is 4.05. The van der Waals surface area contributed by atoms with Gasteiger partial charge in [-0.1, -0.05) is 177 Å². The summed E-state index contributed by atoms with van der Waals surface area (Å²) in [5.41, 5.74) is 0. The fourth-order valence-electron chi connectivity index (χ4n) is 6.60. The molecule has 0 aromatic heterocycles. The van der Waals surface area contributed by atoms with Crippen LogP contribution in [-0.2, 0) is 32.7 Å². The standard InChI is InChI=1S/C52H94NO9P/c1-6-8-10-12-14-15-16-17-18-19-20-21-22-23-24-25-26-27-31-36-40-44-52(56)62-50(48-61-63(57,58)60-46-45-53(3,4)5)47-59-51(55)43-39-35-32-28-30-34-38-42-49(54)41-37-33-29-13-11-9-7-2/h17-18,28-29,32-34,37-38,41,49-50,54H,6-16,19-27,30-31,35-36,39-40,42-48H2,1-5H3/b18-17-,32-28+,33-29-,38-34-,41-37-/t49-,50-/m1/s1. The highest BCUT2D eigenvalue weighted by Gasteiger charge is 2.21. The van der Waals surface area contributed by atoms with Crippen molar-refractivity contribution in [2.45, 2.75) is 212 Å². The van der Waals surface area contributed by atoms with Crippen LogP contribution < -0.4 is 4.89 Å². The van der Waals surface area contributed by atoms with Gasteiger partial charge < -0.3 is 33.0 Å². The van der Waals surface area contributed by atoms with E-state index in [1.54, 1.807) is 6.08 Å². The van der Waals surface area contributed by atoms with Crippen LogP contribution >= 0.6 is 7.82 Å². The van der Waals surface area contributed by atoms with E-state index < -0.39 is 38.6 Å². The molecule has 0 aliphatic heterocycles. The van der Waals surface area contributed by atoms with Crippen molar-refractivity contribution in [3.05, 3.63) is 60.8 Å². The molecule has 10 nitrogen and oxygen atoms in total. The minimum absolute atomic E-state index is 0.0516. The fraction of sp³-hybridized carbons (Fsp3) is 0.769. The summed E-state index contributed by atoms with van der Waals surface area (Å²) in [7, 11) is 1.10. The van der Waals surface area contributed by atoms with Crippen LogP contribution in [0, 0.1) is 0 Å². The van der Waals surface area contributed by atoms with E-state index in [-0.39, 0.29) is 26.1 Å². The van der Waals surface area contributed by atoms with Crippen molar-refractivity contribution in [2.24, 2.45) is 0 Å². The number of allylic oxidation sites excluding steroid dienone is 8. The molecule has 0 heterocycles. The molecule has 0 radical (unpaired) electrons. The molecule has 366 valence electrons. The first-order chi connectivity index (χ1) is 30.4. The Morgan fingerprint density at radius 2 is 1.08 bits per heavy atom. The van der Waals surface area contributed by atoms with Crippen molar-refractivity contribution in [2.75, 3.05) is 47.5 Å². The van der Waals surface area contributed by atoms with Crippen molar-refractivity contribution < 1.29 is 47.2 Å². The van der Waals surface area contributed by atoms with Gasteiger partial charge >= 0.3 is 11.9 Å². The van der Waals surface area contributed by atoms with Crippen LogP contribution in [0.4, 0.5) is 0 Å². The predicted octanol–water partition coefficient (Wildman–Crippen LogP) is 13.1. The lowest BCUT2D eigenvalue weighted by molar-refractivity contribution is -0.870. The average Bonchev–Trinajstić information content (AvgIpc) is 3.23. The van der Waals surface area contributed by atoms with Gasteiger partial charge in [-0.25, -0.2) is 0 Å². The predicted molar refractivity (Wildman–Crippen MR) is 260 cm³/mol. The van der Waals surface area contributed by atoms with Gasteiger partial charge in [-0.15, -0.1) is 0 Å². The van der Waals surface area contributed by atoms with Crippen molar-refractivity contribution >= 4 is 19.8 Å².